The highest BCUT2D eigenvalue weighted by atomic mass is 16.5. The van der Waals surface area contributed by atoms with Gasteiger partial charge in [0.2, 0.25) is 11.8 Å². The van der Waals surface area contributed by atoms with Crippen LogP contribution in [0.15, 0.2) is 30.5 Å². The summed E-state index contributed by atoms with van der Waals surface area (Å²) in [7, 11) is 1.61. The Balaban J connectivity index is 1.30. The average Bonchev–Trinajstić information content (AvgIpc) is 3.32. The summed E-state index contributed by atoms with van der Waals surface area (Å²) >= 11 is 0. The lowest BCUT2D eigenvalue weighted by Crippen LogP contribution is -2.35. The number of hydrogen-bond acceptors (Lipinski definition) is 4. The summed E-state index contributed by atoms with van der Waals surface area (Å²) in [4.78, 5) is 26.6. The molecule has 2 amide bonds. The van der Waals surface area contributed by atoms with E-state index in [9.17, 15) is 9.59 Å². The lowest BCUT2D eigenvalue weighted by atomic mass is 9.98. The molecule has 148 valence electrons. The van der Waals surface area contributed by atoms with E-state index in [-0.39, 0.29) is 24.2 Å². The maximum absolute atomic E-state index is 12.5. The lowest BCUT2D eigenvalue weighted by molar-refractivity contribution is -0.126. The molecule has 2 aromatic rings. The molecule has 1 aliphatic heterocycles. The van der Waals surface area contributed by atoms with Crippen LogP contribution in [0.25, 0.3) is 0 Å². The van der Waals surface area contributed by atoms with Crippen molar-refractivity contribution < 1.29 is 14.3 Å². The molecule has 0 saturated carbocycles. The van der Waals surface area contributed by atoms with E-state index in [2.05, 4.69) is 10.4 Å². The molecular formula is C21H26N4O3. The Labute approximate surface area is 164 Å². The molecular weight excluding hydrogens is 356 g/mol. The van der Waals surface area contributed by atoms with Gasteiger partial charge in [0.1, 0.15) is 5.75 Å². The Morgan fingerprint density at radius 3 is 2.82 bits per heavy atom. The Morgan fingerprint density at radius 2 is 2.04 bits per heavy atom. The van der Waals surface area contributed by atoms with Crippen LogP contribution < -0.4 is 15.0 Å². The largest absolute Gasteiger partial charge is 0.497 e. The molecule has 0 spiro atoms. The summed E-state index contributed by atoms with van der Waals surface area (Å²) in [5.41, 5.74) is 3.44. The molecule has 1 aromatic heterocycles. The first-order valence-corrected chi connectivity index (χ1v) is 9.91. The number of hydrogen-bond donors (Lipinski definition) is 1. The first kappa shape index (κ1) is 18.5. The minimum atomic E-state index is -0.318. The van der Waals surface area contributed by atoms with Crippen LogP contribution in [0.3, 0.4) is 0 Å². The second-order valence-corrected chi connectivity index (χ2v) is 7.44. The van der Waals surface area contributed by atoms with Gasteiger partial charge in [-0.2, -0.15) is 5.10 Å². The van der Waals surface area contributed by atoms with Gasteiger partial charge in [-0.25, -0.2) is 0 Å². The number of carbonyl (C=O) groups excluding carboxylic acids is 2. The number of carbonyl (C=O) groups is 2. The van der Waals surface area contributed by atoms with Gasteiger partial charge in [0.25, 0.3) is 0 Å². The fraction of sp³-hybridized carbons (Fsp3) is 0.476. The van der Waals surface area contributed by atoms with E-state index >= 15 is 0 Å². The molecule has 0 bridgehead atoms. The molecule has 1 unspecified atom stereocenters. The molecule has 2 aliphatic rings. The van der Waals surface area contributed by atoms with Crippen LogP contribution in [-0.4, -0.2) is 41.8 Å². The smallest absolute Gasteiger partial charge is 0.227 e. The number of anilines is 1. The summed E-state index contributed by atoms with van der Waals surface area (Å²) in [6.45, 7) is 1.61. The predicted molar refractivity (Wildman–Crippen MR) is 105 cm³/mol. The standard InChI is InChI=1S/C21H26N4O3/c1-28-18-8-6-17(7-9-18)24-14-16(12-20(24)26)21(27)22-10-11-25-19-5-3-2-4-15(19)13-23-25/h6-9,13,16H,2-5,10-12,14H2,1H3,(H,22,27). The van der Waals surface area contributed by atoms with Gasteiger partial charge in [-0.05, 0) is 55.5 Å². The quantitative estimate of drug-likeness (QED) is 0.828. The molecule has 0 radical (unpaired) electrons. The monoisotopic (exact) mass is 382 g/mol. The van der Waals surface area contributed by atoms with Gasteiger partial charge in [-0.15, -0.1) is 0 Å². The molecule has 7 nitrogen and oxygen atoms in total. The van der Waals surface area contributed by atoms with Crippen molar-refractivity contribution in [1.82, 2.24) is 15.1 Å². The predicted octanol–water partition coefficient (Wildman–Crippen LogP) is 1.94. The van der Waals surface area contributed by atoms with Gasteiger partial charge < -0.3 is 15.0 Å². The Morgan fingerprint density at radius 1 is 1.25 bits per heavy atom. The van der Waals surface area contributed by atoms with Crippen LogP contribution in [0.1, 0.15) is 30.5 Å². The van der Waals surface area contributed by atoms with Crippen molar-refractivity contribution in [3.63, 3.8) is 0 Å². The molecule has 1 fully saturated rings. The molecule has 1 aliphatic carbocycles. The van der Waals surface area contributed by atoms with Crippen LogP contribution in [0.2, 0.25) is 0 Å². The number of aryl methyl sites for hydroxylation is 1. The lowest BCUT2D eigenvalue weighted by Gasteiger charge is -2.17. The van der Waals surface area contributed by atoms with Crippen LogP contribution >= 0.6 is 0 Å². The highest BCUT2D eigenvalue weighted by molar-refractivity contribution is 6.00. The van der Waals surface area contributed by atoms with E-state index in [4.69, 9.17) is 4.74 Å². The van der Waals surface area contributed by atoms with Gasteiger partial charge in [-0.1, -0.05) is 0 Å². The Hall–Kier alpha value is -2.83. The molecule has 2 heterocycles. The van der Waals surface area contributed by atoms with E-state index in [1.165, 1.54) is 24.1 Å². The van der Waals surface area contributed by atoms with Crippen LogP contribution in [0, 0.1) is 5.92 Å². The van der Waals surface area contributed by atoms with Crippen molar-refractivity contribution in [3.05, 3.63) is 41.7 Å². The zero-order chi connectivity index (χ0) is 19.5. The molecule has 1 N–H and O–H groups in total. The molecule has 7 heteroatoms. The highest BCUT2D eigenvalue weighted by Crippen LogP contribution is 2.27. The van der Waals surface area contributed by atoms with Gasteiger partial charge in [-0.3, -0.25) is 14.3 Å². The minimum absolute atomic E-state index is 0.0218. The van der Waals surface area contributed by atoms with Gasteiger partial charge in [0.15, 0.2) is 0 Å². The van der Waals surface area contributed by atoms with Crippen molar-refractivity contribution in [2.45, 2.75) is 38.6 Å². The molecule has 4 rings (SSSR count). The second kappa shape index (κ2) is 8.04. The van der Waals surface area contributed by atoms with Crippen molar-refractivity contribution in [2.24, 2.45) is 5.92 Å². The molecule has 28 heavy (non-hydrogen) atoms. The number of benzene rings is 1. The second-order valence-electron chi connectivity index (χ2n) is 7.44. The molecule has 1 aromatic carbocycles. The summed E-state index contributed by atoms with van der Waals surface area (Å²) in [5, 5.41) is 7.44. The van der Waals surface area contributed by atoms with Crippen LogP contribution in [0.5, 0.6) is 5.75 Å². The zero-order valence-electron chi connectivity index (χ0n) is 16.2. The third kappa shape index (κ3) is 3.74. The van der Waals surface area contributed by atoms with Crippen molar-refractivity contribution in [3.8, 4) is 5.75 Å². The van der Waals surface area contributed by atoms with Gasteiger partial charge in [0, 0.05) is 30.9 Å². The number of nitrogens with zero attached hydrogens (tertiary/aromatic N) is 3. The number of ether oxygens (including phenoxy) is 1. The minimum Gasteiger partial charge on any atom is -0.497 e. The SMILES string of the molecule is COc1ccc(N2CC(C(=O)NCCn3ncc4c3CCCC4)CC2=O)cc1. The number of methoxy groups -OCH3 is 1. The third-order valence-corrected chi connectivity index (χ3v) is 5.65. The summed E-state index contributed by atoms with van der Waals surface area (Å²) in [5.74, 6) is 0.337. The van der Waals surface area contributed by atoms with Crippen molar-refractivity contribution in [1.29, 1.82) is 0 Å². The summed E-state index contributed by atoms with van der Waals surface area (Å²) < 4.78 is 7.17. The fourth-order valence-electron chi connectivity index (χ4n) is 4.07. The molecule has 1 saturated heterocycles. The van der Waals surface area contributed by atoms with E-state index < -0.39 is 0 Å². The first-order chi connectivity index (χ1) is 13.7. The first-order valence-electron chi connectivity index (χ1n) is 9.91. The average molecular weight is 382 g/mol. The zero-order valence-corrected chi connectivity index (χ0v) is 16.2. The highest BCUT2D eigenvalue weighted by Gasteiger charge is 2.35. The number of fused-ring (bicyclic) bond motifs is 1. The van der Waals surface area contributed by atoms with Crippen molar-refractivity contribution >= 4 is 17.5 Å². The normalized spacial score (nSPS) is 18.8. The Kier molecular flexibility index (Phi) is 5.32. The maximum atomic E-state index is 12.5. The van der Waals surface area contributed by atoms with E-state index in [1.807, 2.05) is 35.1 Å². The maximum Gasteiger partial charge on any atom is 0.227 e. The van der Waals surface area contributed by atoms with E-state index in [1.54, 1.807) is 12.0 Å². The third-order valence-electron chi connectivity index (χ3n) is 5.65. The number of nitrogens with one attached hydrogen (secondary N) is 1. The van der Waals surface area contributed by atoms with Crippen LogP contribution in [-0.2, 0) is 29.0 Å². The van der Waals surface area contributed by atoms with E-state index in [0.717, 1.165) is 24.3 Å². The van der Waals surface area contributed by atoms with Gasteiger partial charge >= 0.3 is 0 Å². The van der Waals surface area contributed by atoms with Crippen molar-refractivity contribution in [2.75, 3.05) is 25.1 Å². The fourth-order valence-corrected chi connectivity index (χ4v) is 4.07. The molecule has 1 atom stereocenters. The summed E-state index contributed by atoms with van der Waals surface area (Å²) in [6, 6.07) is 7.33. The summed E-state index contributed by atoms with van der Waals surface area (Å²) in [6.07, 6.45) is 6.81. The van der Waals surface area contributed by atoms with Crippen LogP contribution in [0.4, 0.5) is 5.69 Å². The Bertz CT molecular complexity index is 859. The number of rotatable bonds is 6. The van der Waals surface area contributed by atoms with Gasteiger partial charge in [0.05, 0.1) is 25.8 Å². The number of aromatic nitrogens is 2. The topological polar surface area (TPSA) is 76.5 Å². The van der Waals surface area contributed by atoms with E-state index in [0.29, 0.717) is 19.6 Å². The number of amides is 2.